The maximum absolute atomic E-state index is 12.7. The van der Waals surface area contributed by atoms with Crippen LogP contribution in [-0.4, -0.2) is 29.5 Å². The van der Waals surface area contributed by atoms with Crippen LogP contribution in [0.3, 0.4) is 0 Å². The zero-order valence-corrected chi connectivity index (χ0v) is 16.0. The van der Waals surface area contributed by atoms with Gasteiger partial charge in [0.25, 0.3) is 5.91 Å². The summed E-state index contributed by atoms with van der Waals surface area (Å²) in [6, 6.07) is 14.9. The minimum atomic E-state index is -0.578. The molecule has 5 nitrogen and oxygen atoms in total. The summed E-state index contributed by atoms with van der Waals surface area (Å²) in [6.07, 6.45) is -0.546. The number of benzene rings is 2. The number of rotatable bonds is 4. The van der Waals surface area contributed by atoms with Crippen LogP contribution in [0.2, 0.25) is 0 Å². The van der Waals surface area contributed by atoms with E-state index in [0.717, 1.165) is 5.56 Å². The third kappa shape index (κ3) is 5.92. The summed E-state index contributed by atoms with van der Waals surface area (Å²) in [6.45, 7) is 7.94. The van der Waals surface area contributed by atoms with Crippen molar-refractivity contribution in [2.24, 2.45) is 0 Å². The van der Waals surface area contributed by atoms with Crippen LogP contribution in [0.4, 0.5) is 10.5 Å². The number of ether oxygens (including phenoxy) is 1. The Labute approximate surface area is 155 Å². The third-order valence-corrected chi connectivity index (χ3v) is 3.64. The summed E-state index contributed by atoms with van der Waals surface area (Å²) in [4.78, 5) is 26.2. The van der Waals surface area contributed by atoms with Gasteiger partial charge >= 0.3 is 6.09 Å². The molecule has 0 atom stereocenters. The van der Waals surface area contributed by atoms with Crippen molar-refractivity contribution in [3.63, 3.8) is 0 Å². The highest BCUT2D eigenvalue weighted by Gasteiger charge is 2.17. The monoisotopic (exact) mass is 354 g/mol. The SMILES string of the molecule is Cc1ccc(CN(C)C(=O)c2cccc(NC(=O)OC(C)(C)C)c2)cc1. The van der Waals surface area contributed by atoms with Gasteiger partial charge in [-0.15, -0.1) is 0 Å². The highest BCUT2D eigenvalue weighted by molar-refractivity contribution is 5.96. The third-order valence-electron chi connectivity index (χ3n) is 3.64. The number of nitrogens with one attached hydrogen (secondary N) is 1. The Bertz CT molecular complexity index is 777. The first-order chi connectivity index (χ1) is 12.1. The Morgan fingerprint density at radius 2 is 1.73 bits per heavy atom. The fourth-order valence-electron chi connectivity index (χ4n) is 2.41. The summed E-state index contributed by atoms with van der Waals surface area (Å²) in [5.74, 6) is -0.113. The van der Waals surface area contributed by atoms with Crippen LogP contribution in [-0.2, 0) is 11.3 Å². The van der Waals surface area contributed by atoms with Crippen LogP contribution in [0, 0.1) is 6.92 Å². The Kier molecular flexibility index (Phi) is 6.03. The number of amides is 2. The van der Waals surface area contributed by atoms with E-state index in [9.17, 15) is 9.59 Å². The summed E-state index contributed by atoms with van der Waals surface area (Å²) < 4.78 is 5.23. The van der Waals surface area contributed by atoms with Gasteiger partial charge in [0.05, 0.1) is 0 Å². The molecule has 0 aliphatic rings. The molecule has 0 aliphatic carbocycles. The van der Waals surface area contributed by atoms with Gasteiger partial charge in [-0.3, -0.25) is 10.1 Å². The second kappa shape index (κ2) is 8.04. The molecule has 0 radical (unpaired) electrons. The molecule has 0 aliphatic heterocycles. The lowest BCUT2D eigenvalue weighted by Crippen LogP contribution is -2.28. The second-order valence-corrected chi connectivity index (χ2v) is 7.35. The van der Waals surface area contributed by atoms with Gasteiger partial charge in [-0.05, 0) is 51.5 Å². The molecule has 0 fully saturated rings. The van der Waals surface area contributed by atoms with Gasteiger partial charge in [0.15, 0.2) is 0 Å². The zero-order valence-electron chi connectivity index (χ0n) is 16.0. The topological polar surface area (TPSA) is 58.6 Å². The fourth-order valence-corrected chi connectivity index (χ4v) is 2.41. The maximum atomic E-state index is 12.7. The first-order valence-corrected chi connectivity index (χ1v) is 8.55. The van der Waals surface area contributed by atoms with Crippen LogP contribution < -0.4 is 5.32 Å². The lowest BCUT2D eigenvalue weighted by atomic mass is 10.1. The van der Waals surface area contributed by atoms with Crippen LogP contribution in [0.1, 0.15) is 42.3 Å². The second-order valence-electron chi connectivity index (χ2n) is 7.35. The molecule has 0 saturated carbocycles. The number of hydrogen-bond donors (Lipinski definition) is 1. The molecule has 2 rings (SSSR count). The minimum Gasteiger partial charge on any atom is -0.444 e. The molecule has 5 heteroatoms. The molecule has 2 aromatic carbocycles. The molecule has 0 saturated heterocycles. The summed E-state index contributed by atoms with van der Waals surface area (Å²) in [5, 5.41) is 2.66. The van der Waals surface area contributed by atoms with Crippen molar-refractivity contribution in [1.82, 2.24) is 4.90 Å². The molecule has 138 valence electrons. The smallest absolute Gasteiger partial charge is 0.412 e. The largest absolute Gasteiger partial charge is 0.444 e. The summed E-state index contributed by atoms with van der Waals surface area (Å²) in [5.41, 5.74) is 2.70. The molecule has 0 unspecified atom stereocenters. The van der Waals surface area contributed by atoms with Crippen molar-refractivity contribution >= 4 is 17.7 Å². The lowest BCUT2D eigenvalue weighted by Gasteiger charge is -2.20. The minimum absolute atomic E-state index is 0.113. The van der Waals surface area contributed by atoms with Crippen molar-refractivity contribution < 1.29 is 14.3 Å². The van der Waals surface area contributed by atoms with Crippen molar-refractivity contribution in [2.45, 2.75) is 39.8 Å². The van der Waals surface area contributed by atoms with Crippen LogP contribution in [0.5, 0.6) is 0 Å². The fraction of sp³-hybridized carbons (Fsp3) is 0.333. The molecule has 0 bridgehead atoms. The van der Waals surface area contributed by atoms with Crippen molar-refractivity contribution in [2.75, 3.05) is 12.4 Å². The highest BCUT2D eigenvalue weighted by Crippen LogP contribution is 2.16. The Balaban J connectivity index is 2.04. The number of hydrogen-bond acceptors (Lipinski definition) is 3. The number of carbonyl (C=O) groups excluding carboxylic acids is 2. The molecule has 2 aromatic rings. The Morgan fingerprint density at radius 3 is 2.35 bits per heavy atom. The molecular weight excluding hydrogens is 328 g/mol. The lowest BCUT2D eigenvalue weighted by molar-refractivity contribution is 0.0635. The van der Waals surface area contributed by atoms with Crippen molar-refractivity contribution in [3.05, 3.63) is 65.2 Å². The van der Waals surface area contributed by atoms with E-state index in [0.29, 0.717) is 17.8 Å². The molecule has 0 spiro atoms. The first kappa shape index (κ1) is 19.5. The highest BCUT2D eigenvalue weighted by atomic mass is 16.6. The quantitative estimate of drug-likeness (QED) is 0.872. The van der Waals surface area contributed by atoms with Gasteiger partial charge in [-0.2, -0.15) is 0 Å². The number of aryl methyl sites for hydroxylation is 1. The molecule has 0 aromatic heterocycles. The van der Waals surface area contributed by atoms with Gasteiger partial charge in [0.1, 0.15) is 5.60 Å². The van der Waals surface area contributed by atoms with Crippen LogP contribution in [0.15, 0.2) is 48.5 Å². The van der Waals surface area contributed by atoms with E-state index in [1.54, 1.807) is 57.0 Å². The normalized spacial score (nSPS) is 11.0. The van der Waals surface area contributed by atoms with Gasteiger partial charge in [0, 0.05) is 24.8 Å². The van der Waals surface area contributed by atoms with E-state index in [2.05, 4.69) is 5.32 Å². The van der Waals surface area contributed by atoms with Crippen LogP contribution in [0.25, 0.3) is 0 Å². The van der Waals surface area contributed by atoms with E-state index in [-0.39, 0.29) is 5.91 Å². The summed E-state index contributed by atoms with van der Waals surface area (Å²) in [7, 11) is 1.76. The standard InChI is InChI=1S/C21H26N2O3/c1-15-9-11-16(12-10-15)14-23(5)19(24)17-7-6-8-18(13-17)22-20(25)26-21(2,3)4/h6-13H,14H2,1-5H3,(H,22,25). The van der Waals surface area contributed by atoms with Gasteiger partial charge in [0.2, 0.25) is 0 Å². The van der Waals surface area contributed by atoms with Crippen molar-refractivity contribution in [1.29, 1.82) is 0 Å². The predicted octanol–water partition coefficient (Wildman–Crippen LogP) is 4.61. The van der Waals surface area contributed by atoms with Crippen molar-refractivity contribution in [3.8, 4) is 0 Å². The Hall–Kier alpha value is -2.82. The predicted molar refractivity (Wildman–Crippen MR) is 103 cm³/mol. The number of anilines is 1. The molecular formula is C21H26N2O3. The van der Waals surface area contributed by atoms with E-state index < -0.39 is 11.7 Å². The molecule has 0 heterocycles. The average molecular weight is 354 g/mol. The summed E-state index contributed by atoms with van der Waals surface area (Å²) >= 11 is 0. The van der Waals surface area contributed by atoms with Gasteiger partial charge in [-0.1, -0.05) is 35.9 Å². The maximum Gasteiger partial charge on any atom is 0.412 e. The van der Waals surface area contributed by atoms with Crippen LogP contribution >= 0.6 is 0 Å². The Morgan fingerprint density at radius 1 is 1.08 bits per heavy atom. The van der Waals surface area contributed by atoms with E-state index in [1.807, 2.05) is 31.2 Å². The van der Waals surface area contributed by atoms with E-state index in [4.69, 9.17) is 4.74 Å². The number of nitrogens with zero attached hydrogens (tertiary/aromatic N) is 1. The molecule has 26 heavy (non-hydrogen) atoms. The molecule has 1 N–H and O–H groups in total. The van der Waals surface area contributed by atoms with E-state index >= 15 is 0 Å². The number of carbonyl (C=O) groups is 2. The van der Waals surface area contributed by atoms with Gasteiger partial charge in [-0.25, -0.2) is 4.79 Å². The van der Waals surface area contributed by atoms with Gasteiger partial charge < -0.3 is 9.64 Å². The first-order valence-electron chi connectivity index (χ1n) is 8.55. The zero-order chi connectivity index (χ0) is 19.3. The average Bonchev–Trinajstić information content (AvgIpc) is 2.54. The van der Waals surface area contributed by atoms with E-state index in [1.165, 1.54) is 5.56 Å². The molecule has 2 amide bonds.